The predicted octanol–water partition coefficient (Wildman–Crippen LogP) is 6.31. The number of thioether (sulfide) groups is 1. The molecule has 26 heavy (non-hydrogen) atoms. The lowest BCUT2D eigenvalue weighted by atomic mass is 10.1. The van der Waals surface area contributed by atoms with E-state index in [2.05, 4.69) is 27.5 Å². The van der Waals surface area contributed by atoms with E-state index >= 15 is 0 Å². The van der Waals surface area contributed by atoms with Crippen LogP contribution in [-0.2, 0) is 5.75 Å². The van der Waals surface area contributed by atoms with Crippen molar-refractivity contribution in [3.8, 4) is 16.9 Å². The highest BCUT2D eigenvalue weighted by atomic mass is 35.5. The third kappa shape index (κ3) is 3.43. The molecule has 0 N–H and O–H groups in total. The van der Waals surface area contributed by atoms with E-state index in [4.69, 9.17) is 16.3 Å². The van der Waals surface area contributed by atoms with Crippen LogP contribution in [0.4, 0.5) is 0 Å². The van der Waals surface area contributed by atoms with Crippen molar-refractivity contribution in [1.29, 1.82) is 0 Å². The molecule has 0 saturated carbocycles. The normalized spacial score (nSPS) is 11.0. The number of rotatable bonds is 5. The van der Waals surface area contributed by atoms with Crippen molar-refractivity contribution in [2.75, 3.05) is 7.11 Å². The lowest BCUT2D eigenvalue weighted by Gasteiger charge is -2.07. The molecule has 0 aliphatic carbocycles. The van der Waals surface area contributed by atoms with Crippen LogP contribution in [0.2, 0.25) is 5.02 Å². The van der Waals surface area contributed by atoms with Gasteiger partial charge in [-0.2, -0.15) is 0 Å². The Kier molecular flexibility index (Phi) is 5.11. The Morgan fingerprint density at radius 3 is 2.65 bits per heavy atom. The summed E-state index contributed by atoms with van der Waals surface area (Å²) < 4.78 is 5.26. The summed E-state index contributed by atoms with van der Waals surface area (Å²) in [7, 11) is 1.67. The van der Waals surface area contributed by atoms with E-state index in [-0.39, 0.29) is 0 Å². The maximum atomic E-state index is 6.29. The van der Waals surface area contributed by atoms with Crippen LogP contribution >= 0.6 is 34.7 Å². The fourth-order valence-corrected chi connectivity index (χ4v) is 4.98. The first-order chi connectivity index (χ1) is 12.8. The minimum absolute atomic E-state index is 0.768. The second kappa shape index (κ2) is 7.66. The minimum atomic E-state index is 0.768. The van der Waals surface area contributed by atoms with Crippen molar-refractivity contribution in [3.63, 3.8) is 0 Å². The Labute approximate surface area is 165 Å². The van der Waals surface area contributed by atoms with E-state index < -0.39 is 0 Å². The van der Waals surface area contributed by atoms with Gasteiger partial charge in [0.1, 0.15) is 21.9 Å². The van der Waals surface area contributed by atoms with Crippen LogP contribution < -0.4 is 4.74 Å². The molecule has 4 aromatic rings. The highest BCUT2D eigenvalue weighted by Crippen LogP contribution is 2.39. The number of ether oxygens (including phenoxy) is 1. The number of nitrogens with zero attached hydrogens (tertiary/aromatic N) is 2. The van der Waals surface area contributed by atoms with Gasteiger partial charge in [0.2, 0.25) is 0 Å². The van der Waals surface area contributed by atoms with Crippen molar-refractivity contribution < 1.29 is 4.74 Å². The Bertz CT molecular complexity index is 1050. The zero-order chi connectivity index (χ0) is 17.9. The molecule has 130 valence electrons. The van der Waals surface area contributed by atoms with Crippen LogP contribution in [0.25, 0.3) is 21.3 Å². The van der Waals surface area contributed by atoms with Gasteiger partial charge in [0, 0.05) is 21.7 Å². The zero-order valence-electron chi connectivity index (χ0n) is 14.0. The first kappa shape index (κ1) is 17.3. The van der Waals surface area contributed by atoms with Gasteiger partial charge in [-0.1, -0.05) is 41.9 Å². The zero-order valence-corrected chi connectivity index (χ0v) is 16.4. The van der Waals surface area contributed by atoms with Crippen molar-refractivity contribution >= 4 is 44.9 Å². The molecule has 0 unspecified atom stereocenters. The van der Waals surface area contributed by atoms with Crippen LogP contribution in [0.1, 0.15) is 5.56 Å². The summed E-state index contributed by atoms with van der Waals surface area (Å²) in [5, 5.41) is 4.99. The SMILES string of the molecule is COc1ccc(-c2csc3ncnc(SCc4ccccc4Cl)c23)cc1. The number of hydrogen-bond acceptors (Lipinski definition) is 5. The Morgan fingerprint density at radius 2 is 1.88 bits per heavy atom. The molecule has 3 nitrogen and oxygen atoms in total. The Morgan fingerprint density at radius 1 is 1.08 bits per heavy atom. The molecule has 0 amide bonds. The van der Waals surface area contributed by atoms with Crippen molar-refractivity contribution in [2.45, 2.75) is 10.8 Å². The lowest BCUT2D eigenvalue weighted by Crippen LogP contribution is -1.88. The molecule has 0 bridgehead atoms. The van der Waals surface area contributed by atoms with Crippen molar-refractivity contribution in [3.05, 3.63) is 70.8 Å². The number of hydrogen-bond donors (Lipinski definition) is 0. The molecule has 2 aromatic carbocycles. The standard InChI is InChI=1S/C20H15ClN2OS2/c1-24-15-8-6-13(7-9-15)16-11-26-20-18(16)19(22-12-23-20)25-10-14-4-2-3-5-17(14)21/h2-9,11-12H,10H2,1H3. The molecule has 0 fully saturated rings. The van der Waals surface area contributed by atoms with E-state index in [9.17, 15) is 0 Å². The van der Waals surface area contributed by atoms with Gasteiger partial charge >= 0.3 is 0 Å². The molecular formula is C20H15ClN2OS2. The van der Waals surface area contributed by atoms with Crippen molar-refractivity contribution in [2.24, 2.45) is 0 Å². The largest absolute Gasteiger partial charge is 0.497 e. The van der Waals surface area contributed by atoms with Gasteiger partial charge < -0.3 is 4.74 Å². The van der Waals surface area contributed by atoms with E-state index in [0.29, 0.717) is 0 Å². The fraction of sp³-hybridized carbons (Fsp3) is 0.100. The van der Waals surface area contributed by atoms with Crippen LogP contribution in [0.5, 0.6) is 5.75 Å². The third-order valence-corrected chi connectivity index (χ3v) is 6.35. The second-order valence-electron chi connectivity index (χ2n) is 5.62. The number of thiophene rings is 1. The van der Waals surface area contributed by atoms with Gasteiger partial charge in [-0.25, -0.2) is 9.97 Å². The third-order valence-electron chi connectivity index (χ3n) is 4.06. The summed E-state index contributed by atoms with van der Waals surface area (Å²) in [6.07, 6.45) is 1.63. The topological polar surface area (TPSA) is 35.0 Å². The molecule has 0 aliphatic rings. The summed E-state index contributed by atoms with van der Waals surface area (Å²) in [5.74, 6) is 1.61. The Balaban J connectivity index is 1.71. The lowest BCUT2D eigenvalue weighted by molar-refractivity contribution is 0.415. The van der Waals surface area contributed by atoms with Gasteiger partial charge in [-0.05, 0) is 29.3 Å². The van der Waals surface area contributed by atoms with E-state index in [1.54, 1.807) is 36.5 Å². The molecule has 2 heterocycles. The van der Waals surface area contributed by atoms with E-state index in [0.717, 1.165) is 48.5 Å². The summed E-state index contributed by atoms with van der Waals surface area (Å²) in [6, 6.07) is 16.0. The predicted molar refractivity (Wildman–Crippen MR) is 110 cm³/mol. The summed E-state index contributed by atoms with van der Waals surface area (Å²) in [6.45, 7) is 0. The highest BCUT2D eigenvalue weighted by molar-refractivity contribution is 7.98. The van der Waals surface area contributed by atoms with E-state index in [1.165, 1.54) is 0 Å². The quantitative estimate of drug-likeness (QED) is 0.291. The number of aromatic nitrogens is 2. The van der Waals surface area contributed by atoms with Gasteiger partial charge in [-0.15, -0.1) is 23.1 Å². The molecule has 0 aliphatic heterocycles. The van der Waals surface area contributed by atoms with Crippen LogP contribution in [0.3, 0.4) is 0 Å². The van der Waals surface area contributed by atoms with Crippen LogP contribution in [0.15, 0.2) is 65.3 Å². The molecule has 0 spiro atoms. The number of halogens is 1. The van der Waals surface area contributed by atoms with Crippen LogP contribution in [0, 0.1) is 0 Å². The molecule has 0 saturated heterocycles. The van der Waals surface area contributed by atoms with Crippen molar-refractivity contribution in [1.82, 2.24) is 9.97 Å². The summed E-state index contributed by atoms with van der Waals surface area (Å²) in [5.41, 5.74) is 3.38. The molecule has 6 heteroatoms. The average molecular weight is 399 g/mol. The molecule has 0 atom stereocenters. The fourth-order valence-electron chi connectivity index (χ4n) is 2.70. The molecule has 0 radical (unpaired) electrons. The molecule has 4 rings (SSSR count). The van der Waals surface area contributed by atoms with Gasteiger partial charge in [0.05, 0.1) is 12.5 Å². The number of methoxy groups -OCH3 is 1. The first-order valence-electron chi connectivity index (χ1n) is 7.99. The van der Waals surface area contributed by atoms with Gasteiger partial charge in [0.25, 0.3) is 0 Å². The Hall–Kier alpha value is -2.08. The molecule has 2 aromatic heterocycles. The summed E-state index contributed by atoms with van der Waals surface area (Å²) in [4.78, 5) is 9.97. The highest BCUT2D eigenvalue weighted by Gasteiger charge is 2.14. The van der Waals surface area contributed by atoms with Crippen LogP contribution in [-0.4, -0.2) is 17.1 Å². The maximum absolute atomic E-state index is 6.29. The van der Waals surface area contributed by atoms with Gasteiger partial charge in [0.15, 0.2) is 0 Å². The first-order valence-corrected chi connectivity index (χ1v) is 10.2. The summed E-state index contributed by atoms with van der Waals surface area (Å²) >= 11 is 9.61. The smallest absolute Gasteiger partial charge is 0.128 e. The molecular weight excluding hydrogens is 384 g/mol. The average Bonchev–Trinajstić information content (AvgIpc) is 3.12. The monoisotopic (exact) mass is 398 g/mol. The number of benzene rings is 2. The minimum Gasteiger partial charge on any atom is -0.497 e. The second-order valence-corrected chi connectivity index (χ2v) is 7.85. The maximum Gasteiger partial charge on any atom is 0.128 e. The van der Waals surface area contributed by atoms with Gasteiger partial charge in [-0.3, -0.25) is 0 Å². The number of fused-ring (bicyclic) bond motifs is 1. The van der Waals surface area contributed by atoms with E-state index in [1.807, 2.05) is 36.4 Å².